The maximum Gasteiger partial charge on any atom is 0.237 e. The van der Waals surface area contributed by atoms with Crippen LogP contribution < -0.4 is 10.1 Å². The molecule has 1 aliphatic carbocycles. The Balaban J connectivity index is 1.59. The number of imide groups is 1. The lowest BCUT2D eigenvalue weighted by atomic mass is 9.71. The van der Waals surface area contributed by atoms with Gasteiger partial charge in [0.2, 0.25) is 11.8 Å². The fraction of sp³-hybridized carbons (Fsp3) is 0.294. The summed E-state index contributed by atoms with van der Waals surface area (Å²) in [4.78, 5) is 24.0. The zero-order valence-electron chi connectivity index (χ0n) is 12.0. The van der Waals surface area contributed by atoms with Crippen molar-refractivity contribution >= 4 is 11.8 Å². The quantitative estimate of drug-likeness (QED) is 0.643. The van der Waals surface area contributed by atoms with Crippen molar-refractivity contribution in [1.29, 1.82) is 0 Å². The third-order valence-corrected chi connectivity index (χ3v) is 4.15. The topological polar surface area (TPSA) is 75.6 Å². The summed E-state index contributed by atoms with van der Waals surface area (Å²) < 4.78 is 5.59. The van der Waals surface area contributed by atoms with E-state index >= 15 is 0 Å². The van der Waals surface area contributed by atoms with Gasteiger partial charge in [-0.25, -0.2) is 0 Å². The molecule has 0 bridgehead atoms. The Morgan fingerprint density at radius 1 is 1.18 bits per heavy atom. The van der Waals surface area contributed by atoms with Crippen LogP contribution in [0.3, 0.4) is 0 Å². The summed E-state index contributed by atoms with van der Waals surface area (Å²) in [7, 11) is 0. The van der Waals surface area contributed by atoms with Gasteiger partial charge in [-0.15, -0.1) is 0 Å². The Hall–Kier alpha value is -2.56. The first-order chi connectivity index (χ1) is 10.6. The van der Waals surface area contributed by atoms with Crippen LogP contribution in [0.25, 0.3) is 0 Å². The average Bonchev–Trinajstić information content (AvgIpc) is 2.77. The SMILES string of the molecule is O=C1NC(=O)C2(CCCOc3ccc(O)cc3)C=CC=CC12. The number of hydrogen-bond donors (Lipinski definition) is 2. The van der Waals surface area contributed by atoms with Gasteiger partial charge < -0.3 is 9.84 Å². The maximum atomic E-state index is 12.2. The molecule has 3 rings (SSSR count). The van der Waals surface area contributed by atoms with E-state index in [0.29, 0.717) is 25.2 Å². The average molecular weight is 299 g/mol. The van der Waals surface area contributed by atoms with Gasteiger partial charge in [0, 0.05) is 0 Å². The Morgan fingerprint density at radius 3 is 2.73 bits per heavy atom. The smallest absolute Gasteiger partial charge is 0.237 e. The number of rotatable bonds is 5. The number of phenols is 1. The number of carbonyl (C=O) groups excluding carboxylic acids is 2. The molecule has 22 heavy (non-hydrogen) atoms. The van der Waals surface area contributed by atoms with Crippen LogP contribution in [0.4, 0.5) is 0 Å². The highest BCUT2D eigenvalue weighted by molar-refractivity contribution is 6.09. The summed E-state index contributed by atoms with van der Waals surface area (Å²) in [5, 5.41) is 11.6. The third kappa shape index (κ3) is 2.50. The second-order valence-corrected chi connectivity index (χ2v) is 5.53. The molecule has 1 aliphatic heterocycles. The minimum absolute atomic E-state index is 0.189. The Bertz CT molecular complexity index is 647. The van der Waals surface area contributed by atoms with E-state index in [9.17, 15) is 14.7 Å². The normalized spacial score (nSPS) is 25.9. The zero-order valence-corrected chi connectivity index (χ0v) is 12.0. The van der Waals surface area contributed by atoms with E-state index in [1.165, 1.54) is 0 Å². The molecule has 114 valence electrons. The molecule has 2 amide bonds. The molecule has 0 spiro atoms. The number of aromatic hydroxyl groups is 1. The lowest BCUT2D eigenvalue weighted by Crippen LogP contribution is -2.34. The molecule has 2 aliphatic rings. The first-order valence-electron chi connectivity index (χ1n) is 7.25. The standard InChI is InChI=1S/C17H17NO4/c19-12-5-7-13(8-6-12)22-11-3-10-17-9-2-1-4-14(17)15(20)18-16(17)21/h1-2,4-9,14,19H,3,10-11H2,(H,18,20,21). The minimum Gasteiger partial charge on any atom is -0.508 e. The van der Waals surface area contributed by atoms with Gasteiger partial charge in [0.05, 0.1) is 17.9 Å². The summed E-state index contributed by atoms with van der Waals surface area (Å²) in [6.45, 7) is 0.443. The number of benzene rings is 1. The van der Waals surface area contributed by atoms with Crippen molar-refractivity contribution in [2.45, 2.75) is 12.8 Å². The minimum atomic E-state index is -0.774. The van der Waals surface area contributed by atoms with Gasteiger partial charge in [0.15, 0.2) is 0 Å². The Morgan fingerprint density at radius 2 is 1.95 bits per heavy atom. The number of allylic oxidation sites excluding steroid dienone is 2. The van der Waals surface area contributed by atoms with Gasteiger partial charge in [0.25, 0.3) is 0 Å². The third-order valence-electron chi connectivity index (χ3n) is 4.15. The van der Waals surface area contributed by atoms with Crippen LogP contribution in [0.15, 0.2) is 48.6 Å². The zero-order chi connectivity index (χ0) is 15.6. The van der Waals surface area contributed by atoms with Gasteiger partial charge in [-0.1, -0.05) is 24.3 Å². The van der Waals surface area contributed by atoms with E-state index in [1.807, 2.05) is 12.2 Å². The predicted octanol–water partition coefficient (Wildman–Crippen LogP) is 1.94. The molecule has 2 unspecified atom stereocenters. The van der Waals surface area contributed by atoms with Crippen molar-refractivity contribution in [2.75, 3.05) is 6.61 Å². The number of carbonyl (C=O) groups is 2. The Kier molecular flexibility index (Phi) is 3.71. The summed E-state index contributed by atoms with van der Waals surface area (Å²) in [6, 6.07) is 6.49. The van der Waals surface area contributed by atoms with E-state index < -0.39 is 11.3 Å². The number of ether oxygens (including phenoxy) is 1. The highest BCUT2D eigenvalue weighted by Crippen LogP contribution is 2.42. The van der Waals surface area contributed by atoms with Gasteiger partial charge in [0.1, 0.15) is 11.5 Å². The first-order valence-corrected chi connectivity index (χ1v) is 7.25. The van der Waals surface area contributed by atoms with Gasteiger partial charge in [-0.3, -0.25) is 14.9 Å². The van der Waals surface area contributed by atoms with Gasteiger partial charge in [-0.05, 0) is 37.1 Å². The van der Waals surface area contributed by atoms with Crippen LogP contribution in [-0.4, -0.2) is 23.5 Å². The van der Waals surface area contributed by atoms with E-state index in [2.05, 4.69) is 5.32 Å². The van der Waals surface area contributed by atoms with Gasteiger partial charge >= 0.3 is 0 Å². The second-order valence-electron chi connectivity index (χ2n) is 5.53. The molecule has 5 heteroatoms. The van der Waals surface area contributed by atoms with Crippen LogP contribution in [0.5, 0.6) is 11.5 Å². The molecular weight excluding hydrogens is 282 g/mol. The number of fused-ring (bicyclic) bond motifs is 1. The Labute approximate surface area is 128 Å². The molecule has 1 saturated heterocycles. The number of amides is 2. The van der Waals surface area contributed by atoms with Crippen LogP contribution >= 0.6 is 0 Å². The fourth-order valence-corrected chi connectivity index (χ4v) is 2.97. The fourth-order valence-electron chi connectivity index (χ4n) is 2.97. The highest BCUT2D eigenvalue weighted by Gasteiger charge is 2.52. The van der Waals surface area contributed by atoms with Crippen molar-refractivity contribution in [3.05, 3.63) is 48.6 Å². The molecule has 1 fully saturated rings. The summed E-state index contributed by atoms with van der Waals surface area (Å²) in [5.41, 5.74) is -0.774. The molecule has 5 nitrogen and oxygen atoms in total. The number of phenolic OH excluding ortho intramolecular Hbond substituents is 1. The van der Waals surface area contributed by atoms with E-state index in [4.69, 9.17) is 4.74 Å². The molecule has 2 N–H and O–H groups in total. The van der Waals surface area contributed by atoms with Crippen molar-refractivity contribution in [3.8, 4) is 11.5 Å². The van der Waals surface area contributed by atoms with Crippen molar-refractivity contribution in [1.82, 2.24) is 5.32 Å². The van der Waals surface area contributed by atoms with Crippen molar-refractivity contribution in [2.24, 2.45) is 11.3 Å². The molecule has 1 heterocycles. The van der Waals surface area contributed by atoms with E-state index in [0.717, 1.165) is 0 Å². The van der Waals surface area contributed by atoms with Crippen LogP contribution in [0.1, 0.15) is 12.8 Å². The van der Waals surface area contributed by atoms with Gasteiger partial charge in [-0.2, -0.15) is 0 Å². The molecule has 1 aromatic rings. The number of hydrogen-bond acceptors (Lipinski definition) is 4. The van der Waals surface area contributed by atoms with Crippen LogP contribution in [-0.2, 0) is 9.59 Å². The molecular formula is C17H17NO4. The number of nitrogens with one attached hydrogen (secondary N) is 1. The van der Waals surface area contributed by atoms with Crippen LogP contribution in [0, 0.1) is 11.3 Å². The maximum absolute atomic E-state index is 12.2. The summed E-state index contributed by atoms with van der Waals surface area (Å²) >= 11 is 0. The molecule has 1 aromatic carbocycles. The molecule has 0 saturated carbocycles. The van der Waals surface area contributed by atoms with Crippen LogP contribution in [0.2, 0.25) is 0 Å². The summed E-state index contributed by atoms with van der Waals surface area (Å²) in [6.07, 6.45) is 8.41. The van der Waals surface area contributed by atoms with E-state index in [1.54, 1.807) is 36.4 Å². The molecule has 2 atom stereocenters. The lowest BCUT2D eigenvalue weighted by Gasteiger charge is -2.28. The van der Waals surface area contributed by atoms with Crippen molar-refractivity contribution < 1.29 is 19.4 Å². The van der Waals surface area contributed by atoms with E-state index in [-0.39, 0.29) is 17.6 Å². The largest absolute Gasteiger partial charge is 0.508 e. The monoisotopic (exact) mass is 299 g/mol. The predicted molar refractivity (Wildman–Crippen MR) is 80.2 cm³/mol. The summed E-state index contributed by atoms with van der Waals surface area (Å²) in [5.74, 6) is -0.0244. The lowest BCUT2D eigenvalue weighted by molar-refractivity contribution is -0.127. The second kappa shape index (κ2) is 5.67. The highest BCUT2D eigenvalue weighted by atomic mass is 16.5. The molecule has 0 radical (unpaired) electrons. The first kappa shape index (κ1) is 14.4. The molecule has 0 aromatic heterocycles. The van der Waals surface area contributed by atoms with Crippen molar-refractivity contribution in [3.63, 3.8) is 0 Å².